The predicted molar refractivity (Wildman–Crippen MR) is 77.6 cm³/mol. The molecule has 1 amide bonds. The Bertz CT molecular complexity index is 643. The van der Waals surface area contributed by atoms with Gasteiger partial charge >= 0.3 is 0 Å². The molecule has 98 valence electrons. The van der Waals surface area contributed by atoms with Crippen LogP contribution in [0.3, 0.4) is 0 Å². The molecule has 0 heterocycles. The fourth-order valence-electron chi connectivity index (χ4n) is 1.57. The minimum absolute atomic E-state index is 0.265. The van der Waals surface area contributed by atoms with Gasteiger partial charge in [0.15, 0.2) is 0 Å². The molecule has 3 nitrogen and oxygen atoms in total. The molecule has 0 bridgehead atoms. The van der Waals surface area contributed by atoms with Crippen molar-refractivity contribution in [3.05, 3.63) is 57.8 Å². The second-order valence-electron chi connectivity index (χ2n) is 4.15. The molecule has 3 N–H and O–H groups in total. The zero-order valence-corrected chi connectivity index (χ0v) is 11.8. The highest BCUT2D eigenvalue weighted by atomic mass is 79.9. The van der Waals surface area contributed by atoms with E-state index >= 15 is 0 Å². The van der Waals surface area contributed by atoms with Crippen LogP contribution < -0.4 is 11.1 Å². The van der Waals surface area contributed by atoms with E-state index in [1.807, 2.05) is 13.0 Å². The summed E-state index contributed by atoms with van der Waals surface area (Å²) in [6.45, 7) is 1.93. The molecule has 0 radical (unpaired) electrons. The Hall–Kier alpha value is -1.88. The van der Waals surface area contributed by atoms with E-state index in [1.54, 1.807) is 12.1 Å². The number of benzene rings is 2. The first-order valence-corrected chi connectivity index (χ1v) is 6.39. The maximum absolute atomic E-state index is 13.1. The maximum atomic E-state index is 13.1. The summed E-state index contributed by atoms with van der Waals surface area (Å²) in [5.74, 6) is -0.785. The quantitative estimate of drug-likeness (QED) is 0.828. The van der Waals surface area contributed by atoms with Crippen LogP contribution in [-0.4, -0.2) is 5.91 Å². The Morgan fingerprint density at radius 3 is 2.68 bits per heavy atom. The molecule has 0 unspecified atom stereocenters. The van der Waals surface area contributed by atoms with Crippen molar-refractivity contribution in [3.63, 3.8) is 0 Å². The average Bonchev–Trinajstić information content (AvgIpc) is 2.37. The normalized spacial score (nSPS) is 10.3. The van der Waals surface area contributed by atoms with Crippen molar-refractivity contribution >= 4 is 33.2 Å². The number of carbonyl (C=O) groups excluding carboxylic acids is 1. The van der Waals surface area contributed by atoms with E-state index in [2.05, 4.69) is 21.2 Å². The smallest absolute Gasteiger partial charge is 0.255 e. The lowest BCUT2D eigenvalue weighted by molar-refractivity contribution is 0.102. The Kier molecular flexibility index (Phi) is 3.85. The number of hydrogen-bond acceptors (Lipinski definition) is 2. The molecule has 5 heteroatoms. The van der Waals surface area contributed by atoms with Gasteiger partial charge in [-0.1, -0.05) is 22.0 Å². The summed E-state index contributed by atoms with van der Waals surface area (Å²) in [7, 11) is 0. The van der Waals surface area contributed by atoms with Gasteiger partial charge in [0.2, 0.25) is 0 Å². The van der Waals surface area contributed by atoms with Crippen LogP contribution in [0.1, 0.15) is 15.9 Å². The molecule has 0 saturated carbocycles. The molecule has 2 rings (SSSR count). The number of halogens is 2. The molecule has 0 aromatic heterocycles. The van der Waals surface area contributed by atoms with Gasteiger partial charge in [-0.2, -0.15) is 0 Å². The van der Waals surface area contributed by atoms with Gasteiger partial charge in [-0.3, -0.25) is 4.79 Å². The first-order chi connectivity index (χ1) is 8.97. The monoisotopic (exact) mass is 322 g/mol. The Morgan fingerprint density at radius 2 is 2.00 bits per heavy atom. The second kappa shape index (κ2) is 5.40. The van der Waals surface area contributed by atoms with E-state index in [4.69, 9.17) is 5.73 Å². The van der Waals surface area contributed by atoms with Crippen molar-refractivity contribution < 1.29 is 9.18 Å². The largest absolute Gasteiger partial charge is 0.397 e. The van der Waals surface area contributed by atoms with Crippen LogP contribution in [0.15, 0.2) is 40.9 Å². The van der Waals surface area contributed by atoms with Gasteiger partial charge in [-0.15, -0.1) is 0 Å². The van der Waals surface area contributed by atoms with Gasteiger partial charge < -0.3 is 11.1 Å². The summed E-state index contributed by atoms with van der Waals surface area (Å²) >= 11 is 3.36. The van der Waals surface area contributed by atoms with Crippen molar-refractivity contribution in [3.8, 4) is 0 Å². The third-order valence-electron chi connectivity index (χ3n) is 2.70. The summed E-state index contributed by atoms with van der Waals surface area (Å²) in [6.07, 6.45) is 0. The highest BCUT2D eigenvalue weighted by Crippen LogP contribution is 2.22. The Morgan fingerprint density at radius 1 is 1.26 bits per heavy atom. The summed E-state index contributed by atoms with van der Waals surface area (Å²) in [6, 6.07) is 9.08. The summed E-state index contributed by atoms with van der Waals surface area (Å²) in [4.78, 5) is 12.0. The number of hydrogen-bond donors (Lipinski definition) is 2. The van der Waals surface area contributed by atoms with Crippen molar-refractivity contribution in [2.75, 3.05) is 11.1 Å². The Labute approximate surface area is 118 Å². The first kappa shape index (κ1) is 13.5. The lowest BCUT2D eigenvalue weighted by Crippen LogP contribution is -2.13. The van der Waals surface area contributed by atoms with E-state index in [0.717, 1.165) is 10.0 Å². The summed E-state index contributed by atoms with van der Waals surface area (Å²) < 4.78 is 13.9. The number of nitrogens with one attached hydrogen (secondary N) is 1. The molecule has 2 aromatic carbocycles. The molecule has 0 fully saturated rings. The number of anilines is 2. The second-order valence-corrected chi connectivity index (χ2v) is 5.00. The van der Waals surface area contributed by atoms with Gasteiger partial charge in [0.25, 0.3) is 5.91 Å². The van der Waals surface area contributed by atoms with E-state index in [1.165, 1.54) is 18.2 Å². The van der Waals surface area contributed by atoms with Crippen molar-refractivity contribution in [2.45, 2.75) is 6.92 Å². The van der Waals surface area contributed by atoms with Crippen LogP contribution in [0.5, 0.6) is 0 Å². The van der Waals surface area contributed by atoms with Crippen molar-refractivity contribution in [2.24, 2.45) is 0 Å². The molecular weight excluding hydrogens is 311 g/mol. The fourth-order valence-corrected chi connectivity index (χ4v) is 1.94. The molecule has 0 aliphatic heterocycles. The van der Waals surface area contributed by atoms with Gasteiger partial charge in [0.1, 0.15) is 5.82 Å². The van der Waals surface area contributed by atoms with E-state index < -0.39 is 5.82 Å². The molecule has 0 atom stereocenters. The zero-order valence-electron chi connectivity index (χ0n) is 10.2. The molecule has 19 heavy (non-hydrogen) atoms. The Balaban J connectivity index is 2.25. The molecular formula is C14H12BrFN2O. The molecule has 2 aromatic rings. The fraction of sp³-hybridized carbons (Fsp3) is 0.0714. The van der Waals surface area contributed by atoms with Crippen LogP contribution >= 0.6 is 15.9 Å². The molecule has 0 aliphatic carbocycles. The van der Waals surface area contributed by atoms with Gasteiger partial charge in [0.05, 0.1) is 11.4 Å². The molecule has 0 aliphatic rings. The molecule has 0 spiro atoms. The van der Waals surface area contributed by atoms with Crippen molar-refractivity contribution in [1.29, 1.82) is 0 Å². The van der Waals surface area contributed by atoms with Gasteiger partial charge in [-0.25, -0.2) is 4.39 Å². The van der Waals surface area contributed by atoms with Crippen molar-refractivity contribution in [1.82, 2.24) is 0 Å². The number of nitrogen functional groups attached to an aromatic ring is 1. The lowest BCUT2D eigenvalue weighted by Gasteiger charge is -2.09. The average molecular weight is 323 g/mol. The summed E-state index contributed by atoms with van der Waals surface area (Å²) in [5, 5.41) is 2.59. The minimum Gasteiger partial charge on any atom is -0.397 e. The van der Waals surface area contributed by atoms with Crippen LogP contribution in [0.2, 0.25) is 0 Å². The third kappa shape index (κ3) is 3.12. The SMILES string of the molecule is Cc1ccc(C(=O)Nc2cc(F)ccc2N)cc1Br. The van der Waals surface area contributed by atoms with Crippen LogP contribution in [0.4, 0.5) is 15.8 Å². The number of amides is 1. The van der Waals surface area contributed by atoms with Gasteiger partial charge in [0, 0.05) is 10.0 Å². The topological polar surface area (TPSA) is 55.1 Å². The van der Waals surface area contributed by atoms with E-state index in [9.17, 15) is 9.18 Å². The van der Waals surface area contributed by atoms with Crippen LogP contribution in [0.25, 0.3) is 0 Å². The van der Waals surface area contributed by atoms with Crippen LogP contribution in [0, 0.1) is 12.7 Å². The highest BCUT2D eigenvalue weighted by molar-refractivity contribution is 9.10. The lowest BCUT2D eigenvalue weighted by atomic mass is 10.1. The van der Waals surface area contributed by atoms with E-state index in [-0.39, 0.29) is 11.6 Å². The zero-order chi connectivity index (χ0) is 14.0. The van der Waals surface area contributed by atoms with Gasteiger partial charge in [-0.05, 0) is 42.8 Å². The number of nitrogens with two attached hydrogens (primary N) is 1. The highest BCUT2D eigenvalue weighted by Gasteiger charge is 2.10. The number of rotatable bonds is 2. The number of aryl methyl sites for hydroxylation is 1. The minimum atomic E-state index is -0.449. The molecule has 0 saturated heterocycles. The first-order valence-electron chi connectivity index (χ1n) is 5.60. The third-order valence-corrected chi connectivity index (χ3v) is 3.55. The summed E-state index contributed by atoms with van der Waals surface area (Å²) in [5.41, 5.74) is 7.77. The standard InChI is InChI=1S/C14H12BrFN2O/c1-8-2-3-9(6-11(8)15)14(19)18-13-7-10(16)4-5-12(13)17/h2-7H,17H2,1H3,(H,18,19). The number of carbonyl (C=O) groups is 1. The maximum Gasteiger partial charge on any atom is 0.255 e. The predicted octanol–water partition coefficient (Wildman–Crippen LogP) is 3.73. The van der Waals surface area contributed by atoms with Crippen LogP contribution in [-0.2, 0) is 0 Å². The van der Waals surface area contributed by atoms with E-state index in [0.29, 0.717) is 11.3 Å².